The Bertz CT molecular complexity index is 1010. The topological polar surface area (TPSA) is 72.7 Å². The van der Waals surface area contributed by atoms with E-state index < -0.39 is 5.54 Å². The molecule has 1 N–H and O–H groups in total. The quantitative estimate of drug-likeness (QED) is 0.585. The van der Waals surface area contributed by atoms with Crippen LogP contribution in [0.2, 0.25) is 0 Å². The predicted molar refractivity (Wildman–Crippen MR) is 106 cm³/mol. The Morgan fingerprint density at radius 1 is 0.857 bits per heavy atom. The van der Waals surface area contributed by atoms with E-state index in [1.165, 1.54) is 6.33 Å². The predicted octanol–water partition coefficient (Wildman–Crippen LogP) is 3.36. The van der Waals surface area contributed by atoms with Gasteiger partial charge < -0.3 is 5.32 Å². The monoisotopic (exact) mass is 369 g/mol. The third-order valence-electron chi connectivity index (χ3n) is 4.81. The van der Waals surface area contributed by atoms with Crippen LogP contribution >= 0.6 is 0 Å². The third-order valence-corrected chi connectivity index (χ3v) is 4.81. The van der Waals surface area contributed by atoms with Crippen LogP contribution in [0.5, 0.6) is 0 Å². The molecule has 6 nitrogen and oxygen atoms in total. The number of hydrogen-bond acceptors (Lipinski definition) is 4. The van der Waals surface area contributed by atoms with Gasteiger partial charge in [0.2, 0.25) is 0 Å². The molecule has 1 heterocycles. The van der Waals surface area contributed by atoms with E-state index >= 15 is 0 Å². The van der Waals surface area contributed by atoms with Gasteiger partial charge in [0.25, 0.3) is 5.91 Å². The van der Waals surface area contributed by atoms with Crippen molar-refractivity contribution in [2.75, 3.05) is 0 Å². The smallest absolute Gasteiger partial charge is 0.252 e. The lowest BCUT2D eigenvalue weighted by atomic mass is 9.84. The molecule has 0 fully saturated rings. The van der Waals surface area contributed by atoms with Gasteiger partial charge >= 0.3 is 0 Å². The molecule has 0 radical (unpaired) electrons. The number of aromatic nitrogens is 4. The summed E-state index contributed by atoms with van der Waals surface area (Å²) < 4.78 is 1.54. The maximum Gasteiger partial charge on any atom is 0.252 e. The van der Waals surface area contributed by atoms with Crippen molar-refractivity contribution in [2.45, 2.75) is 12.5 Å². The number of nitrogens with one attached hydrogen (secondary N) is 1. The van der Waals surface area contributed by atoms with Gasteiger partial charge in [0, 0.05) is 5.56 Å². The molecule has 0 aliphatic carbocycles. The molecule has 138 valence electrons. The molecular weight excluding hydrogens is 350 g/mol. The minimum absolute atomic E-state index is 0.154. The van der Waals surface area contributed by atoms with Crippen molar-refractivity contribution in [1.82, 2.24) is 25.5 Å². The zero-order chi connectivity index (χ0) is 19.4. The van der Waals surface area contributed by atoms with E-state index in [2.05, 4.69) is 20.8 Å². The van der Waals surface area contributed by atoms with Gasteiger partial charge in [-0.1, -0.05) is 60.7 Å². The lowest BCUT2D eigenvalue weighted by Crippen LogP contribution is -2.44. The SMILES string of the molecule is CC(NC(=O)c1ccc(-n2cnnn2)cc1)(c1ccccc1)c1ccccc1. The summed E-state index contributed by atoms with van der Waals surface area (Å²) in [6.07, 6.45) is 1.51. The summed E-state index contributed by atoms with van der Waals surface area (Å²) in [7, 11) is 0. The van der Waals surface area contributed by atoms with Crippen LogP contribution in [0.25, 0.3) is 5.69 Å². The van der Waals surface area contributed by atoms with Crippen LogP contribution in [0.1, 0.15) is 28.4 Å². The molecule has 0 aliphatic rings. The Hall–Kier alpha value is -3.80. The highest BCUT2D eigenvalue weighted by Crippen LogP contribution is 2.29. The maximum absolute atomic E-state index is 13.0. The fraction of sp³-hybridized carbons (Fsp3) is 0.0909. The molecule has 0 spiro atoms. The van der Waals surface area contributed by atoms with Crippen LogP contribution in [0.15, 0.2) is 91.3 Å². The zero-order valence-electron chi connectivity index (χ0n) is 15.4. The summed E-state index contributed by atoms with van der Waals surface area (Å²) in [4.78, 5) is 13.0. The van der Waals surface area contributed by atoms with E-state index in [1.807, 2.05) is 79.7 Å². The minimum Gasteiger partial charge on any atom is -0.339 e. The van der Waals surface area contributed by atoms with Crippen molar-refractivity contribution in [3.8, 4) is 5.69 Å². The normalized spacial score (nSPS) is 11.2. The molecule has 0 atom stereocenters. The van der Waals surface area contributed by atoms with Crippen LogP contribution < -0.4 is 5.32 Å². The molecule has 4 rings (SSSR count). The fourth-order valence-electron chi connectivity index (χ4n) is 3.20. The molecule has 1 aromatic heterocycles. The van der Waals surface area contributed by atoms with Crippen LogP contribution in [0.4, 0.5) is 0 Å². The summed E-state index contributed by atoms with van der Waals surface area (Å²) in [6.45, 7) is 2.02. The zero-order valence-corrected chi connectivity index (χ0v) is 15.4. The number of hydrogen-bond donors (Lipinski definition) is 1. The fourth-order valence-corrected chi connectivity index (χ4v) is 3.20. The molecule has 6 heteroatoms. The third kappa shape index (κ3) is 3.40. The molecular formula is C22H19N5O. The first-order valence-electron chi connectivity index (χ1n) is 8.94. The van der Waals surface area contributed by atoms with Gasteiger partial charge in [-0.3, -0.25) is 4.79 Å². The van der Waals surface area contributed by atoms with Gasteiger partial charge in [0.05, 0.1) is 11.2 Å². The number of rotatable bonds is 5. The summed E-state index contributed by atoms with van der Waals surface area (Å²) in [6, 6.07) is 27.1. The van der Waals surface area contributed by atoms with Gasteiger partial charge in [-0.15, -0.1) is 5.10 Å². The lowest BCUT2D eigenvalue weighted by Gasteiger charge is -2.32. The van der Waals surface area contributed by atoms with Gasteiger partial charge in [-0.2, -0.15) is 0 Å². The van der Waals surface area contributed by atoms with E-state index in [0.717, 1.165) is 16.8 Å². The Labute approximate surface area is 162 Å². The maximum atomic E-state index is 13.0. The average molecular weight is 369 g/mol. The molecule has 0 saturated carbocycles. The molecule has 4 aromatic rings. The summed E-state index contributed by atoms with van der Waals surface area (Å²) in [5.74, 6) is -0.154. The van der Waals surface area contributed by atoms with E-state index in [0.29, 0.717) is 5.56 Å². The molecule has 0 bridgehead atoms. The molecule has 3 aromatic carbocycles. The second-order valence-corrected chi connectivity index (χ2v) is 6.61. The lowest BCUT2D eigenvalue weighted by molar-refractivity contribution is 0.0919. The Morgan fingerprint density at radius 2 is 1.43 bits per heavy atom. The van der Waals surface area contributed by atoms with Gasteiger partial charge in [0.1, 0.15) is 6.33 Å². The largest absolute Gasteiger partial charge is 0.339 e. The number of benzene rings is 3. The number of carbonyl (C=O) groups excluding carboxylic acids is 1. The number of amides is 1. The number of tetrazole rings is 1. The Balaban J connectivity index is 1.65. The van der Waals surface area contributed by atoms with Crippen LogP contribution in [0, 0.1) is 0 Å². The first-order chi connectivity index (χ1) is 13.7. The number of nitrogens with zero attached hydrogens (tertiary/aromatic N) is 4. The Morgan fingerprint density at radius 3 is 1.93 bits per heavy atom. The van der Waals surface area contributed by atoms with E-state index in [-0.39, 0.29) is 5.91 Å². The van der Waals surface area contributed by atoms with Gasteiger partial charge in [-0.05, 0) is 52.7 Å². The molecule has 1 amide bonds. The van der Waals surface area contributed by atoms with E-state index in [4.69, 9.17) is 0 Å². The minimum atomic E-state index is -0.659. The highest BCUT2D eigenvalue weighted by Gasteiger charge is 2.30. The first kappa shape index (κ1) is 17.6. The molecule has 0 saturated heterocycles. The van der Waals surface area contributed by atoms with Crippen LogP contribution in [-0.2, 0) is 5.54 Å². The van der Waals surface area contributed by atoms with Gasteiger partial charge in [-0.25, -0.2) is 4.68 Å². The van der Waals surface area contributed by atoms with Gasteiger partial charge in [0.15, 0.2) is 0 Å². The highest BCUT2D eigenvalue weighted by molar-refractivity contribution is 5.95. The highest BCUT2D eigenvalue weighted by atomic mass is 16.1. The van der Waals surface area contributed by atoms with Crippen LogP contribution in [0.3, 0.4) is 0 Å². The molecule has 28 heavy (non-hydrogen) atoms. The van der Waals surface area contributed by atoms with E-state index in [9.17, 15) is 4.79 Å². The molecule has 0 unspecified atom stereocenters. The van der Waals surface area contributed by atoms with Crippen molar-refractivity contribution >= 4 is 5.91 Å². The second-order valence-electron chi connectivity index (χ2n) is 6.61. The first-order valence-corrected chi connectivity index (χ1v) is 8.94. The molecule has 0 aliphatic heterocycles. The number of carbonyl (C=O) groups is 1. The standard InChI is InChI=1S/C22H19N5O/c1-22(18-8-4-2-5-9-18,19-10-6-3-7-11-19)24-21(28)17-12-14-20(15-13-17)27-16-23-25-26-27/h2-16H,1H3,(H,24,28). The van der Waals surface area contributed by atoms with Crippen molar-refractivity contribution in [1.29, 1.82) is 0 Å². The van der Waals surface area contributed by atoms with Crippen LogP contribution in [-0.4, -0.2) is 26.1 Å². The van der Waals surface area contributed by atoms with Crippen molar-refractivity contribution in [2.24, 2.45) is 0 Å². The Kier molecular flexibility index (Phi) is 4.68. The van der Waals surface area contributed by atoms with E-state index in [1.54, 1.807) is 16.8 Å². The van der Waals surface area contributed by atoms with Crippen molar-refractivity contribution < 1.29 is 4.79 Å². The summed E-state index contributed by atoms with van der Waals surface area (Å²) >= 11 is 0. The summed E-state index contributed by atoms with van der Waals surface area (Å²) in [5.41, 5.74) is 2.72. The van der Waals surface area contributed by atoms with Crippen molar-refractivity contribution in [3.63, 3.8) is 0 Å². The second kappa shape index (κ2) is 7.44. The van der Waals surface area contributed by atoms with Crippen molar-refractivity contribution in [3.05, 3.63) is 108 Å². The summed E-state index contributed by atoms with van der Waals surface area (Å²) in [5, 5.41) is 14.3. The average Bonchev–Trinajstić information content (AvgIpc) is 3.30.